The van der Waals surface area contributed by atoms with Gasteiger partial charge < -0.3 is 20.4 Å². The molecule has 0 aromatic heterocycles. The first kappa shape index (κ1) is 18.7. The Balaban J connectivity index is 1.30. The minimum atomic E-state index is 0.0681. The maximum atomic E-state index is 12.3. The number of rotatable bonds is 7. The molecule has 1 aromatic rings. The normalized spacial score (nSPS) is 20.2. The summed E-state index contributed by atoms with van der Waals surface area (Å²) in [6.45, 7) is 5.75. The van der Waals surface area contributed by atoms with Crippen LogP contribution < -0.4 is 15.5 Å². The van der Waals surface area contributed by atoms with E-state index >= 15 is 0 Å². The molecule has 142 valence electrons. The average Bonchev–Trinajstić information content (AvgIpc) is 3.21. The van der Waals surface area contributed by atoms with Crippen molar-refractivity contribution in [2.45, 2.75) is 25.7 Å². The lowest BCUT2D eigenvalue weighted by molar-refractivity contribution is -0.131. The molecule has 2 aliphatic heterocycles. The Morgan fingerprint density at radius 2 is 1.85 bits per heavy atom. The third-order valence-corrected chi connectivity index (χ3v) is 5.36. The highest BCUT2D eigenvalue weighted by Gasteiger charge is 2.21. The van der Waals surface area contributed by atoms with Crippen molar-refractivity contribution < 1.29 is 9.59 Å². The number of para-hydroxylation sites is 1. The van der Waals surface area contributed by atoms with E-state index in [2.05, 4.69) is 27.7 Å². The van der Waals surface area contributed by atoms with Crippen molar-refractivity contribution in [2.75, 3.05) is 50.7 Å². The highest BCUT2D eigenvalue weighted by Crippen LogP contribution is 2.16. The van der Waals surface area contributed by atoms with Gasteiger partial charge in [-0.05, 0) is 44.0 Å². The fraction of sp³-hybridized carbons (Fsp3) is 0.600. The van der Waals surface area contributed by atoms with E-state index < -0.39 is 0 Å². The molecule has 0 aliphatic carbocycles. The maximum absolute atomic E-state index is 12.3. The average molecular weight is 358 g/mol. The van der Waals surface area contributed by atoms with Crippen LogP contribution in [0.1, 0.15) is 25.7 Å². The second-order valence-corrected chi connectivity index (χ2v) is 7.20. The highest BCUT2D eigenvalue weighted by atomic mass is 16.2. The molecular formula is C20H30N4O2. The van der Waals surface area contributed by atoms with Crippen LogP contribution in [0.25, 0.3) is 0 Å². The van der Waals surface area contributed by atoms with Crippen LogP contribution in [-0.2, 0) is 9.59 Å². The van der Waals surface area contributed by atoms with Crippen LogP contribution in [0.15, 0.2) is 30.3 Å². The molecule has 0 radical (unpaired) electrons. The van der Waals surface area contributed by atoms with E-state index in [-0.39, 0.29) is 11.8 Å². The third kappa shape index (κ3) is 5.46. The largest absolute Gasteiger partial charge is 0.368 e. The lowest BCUT2D eigenvalue weighted by Crippen LogP contribution is -2.49. The van der Waals surface area contributed by atoms with E-state index in [0.717, 1.165) is 45.7 Å². The van der Waals surface area contributed by atoms with E-state index in [1.54, 1.807) is 0 Å². The lowest BCUT2D eigenvalue weighted by atomic mass is 10.0. The van der Waals surface area contributed by atoms with Crippen LogP contribution in [0.3, 0.4) is 0 Å². The van der Waals surface area contributed by atoms with Gasteiger partial charge in [-0.1, -0.05) is 18.2 Å². The quantitative estimate of drug-likeness (QED) is 0.770. The number of hydrogen-bond donors (Lipinski definition) is 2. The van der Waals surface area contributed by atoms with Gasteiger partial charge in [0, 0.05) is 51.3 Å². The molecule has 3 rings (SSSR count). The molecule has 2 amide bonds. The Bertz CT molecular complexity index is 579. The first-order valence-electron chi connectivity index (χ1n) is 9.77. The molecule has 1 atom stereocenters. The predicted molar refractivity (Wildman–Crippen MR) is 103 cm³/mol. The van der Waals surface area contributed by atoms with E-state index in [4.69, 9.17) is 0 Å². The molecule has 6 heteroatoms. The number of nitrogens with zero attached hydrogens (tertiary/aromatic N) is 2. The van der Waals surface area contributed by atoms with E-state index in [1.165, 1.54) is 12.1 Å². The van der Waals surface area contributed by atoms with Crippen molar-refractivity contribution in [1.82, 2.24) is 15.5 Å². The Morgan fingerprint density at radius 1 is 1.08 bits per heavy atom. The van der Waals surface area contributed by atoms with Gasteiger partial charge in [-0.3, -0.25) is 9.59 Å². The van der Waals surface area contributed by atoms with Crippen LogP contribution in [0.5, 0.6) is 0 Å². The van der Waals surface area contributed by atoms with Crippen LogP contribution in [0, 0.1) is 5.92 Å². The highest BCUT2D eigenvalue weighted by molar-refractivity contribution is 5.79. The first-order valence-corrected chi connectivity index (χ1v) is 9.77. The summed E-state index contributed by atoms with van der Waals surface area (Å²) in [5.74, 6) is 0.833. The summed E-state index contributed by atoms with van der Waals surface area (Å²) in [5, 5.41) is 6.21. The number of amides is 2. The summed E-state index contributed by atoms with van der Waals surface area (Å²) in [4.78, 5) is 28.5. The van der Waals surface area contributed by atoms with Gasteiger partial charge in [0.05, 0.1) is 0 Å². The molecule has 2 aliphatic rings. The van der Waals surface area contributed by atoms with Crippen molar-refractivity contribution in [3.05, 3.63) is 30.3 Å². The Hall–Kier alpha value is -2.08. The zero-order valence-electron chi connectivity index (χ0n) is 15.5. The molecule has 2 N–H and O–H groups in total. The van der Waals surface area contributed by atoms with Gasteiger partial charge in [0.15, 0.2) is 0 Å². The Kier molecular flexibility index (Phi) is 6.89. The van der Waals surface area contributed by atoms with Gasteiger partial charge in [0.2, 0.25) is 11.8 Å². The van der Waals surface area contributed by atoms with Gasteiger partial charge in [0.1, 0.15) is 0 Å². The maximum Gasteiger partial charge on any atom is 0.224 e. The minimum absolute atomic E-state index is 0.0681. The number of carbonyl (C=O) groups is 2. The monoisotopic (exact) mass is 358 g/mol. The van der Waals surface area contributed by atoms with E-state index in [9.17, 15) is 9.59 Å². The van der Waals surface area contributed by atoms with Crippen molar-refractivity contribution in [2.24, 2.45) is 5.92 Å². The van der Waals surface area contributed by atoms with Crippen molar-refractivity contribution in [1.29, 1.82) is 0 Å². The Labute approximate surface area is 155 Å². The van der Waals surface area contributed by atoms with Crippen LogP contribution in [0.4, 0.5) is 5.69 Å². The third-order valence-electron chi connectivity index (χ3n) is 5.36. The van der Waals surface area contributed by atoms with Gasteiger partial charge in [0.25, 0.3) is 0 Å². The molecule has 6 nitrogen and oxygen atoms in total. The second kappa shape index (κ2) is 9.57. The standard InChI is InChI=1S/C20H30N4O2/c25-19(7-6-17-8-10-21-16-17)22-11-9-20(26)24-14-12-23(13-15-24)18-4-2-1-3-5-18/h1-5,17,21H,6-16H2,(H,22,25). The summed E-state index contributed by atoms with van der Waals surface area (Å²) in [7, 11) is 0. The number of anilines is 1. The summed E-state index contributed by atoms with van der Waals surface area (Å²) >= 11 is 0. The van der Waals surface area contributed by atoms with Gasteiger partial charge in [-0.15, -0.1) is 0 Å². The van der Waals surface area contributed by atoms with Crippen molar-refractivity contribution >= 4 is 17.5 Å². The number of piperazine rings is 1. The summed E-state index contributed by atoms with van der Waals surface area (Å²) in [6.07, 6.45) is 3.06. The number of nitrogens with one attached hydrogen (secondary N) is 2. The summed E-state index contributed by atoms with van der Waals surface area (Å²) in [6, 6.07) is 10.3. The molecule has 2 fully saturated rings. The van der Waals surface area contributed by atoms with Crippen molar-refractivity contribution in [3.63, 3.8) is 0 Å². The van der Waals surface area contributed by atoms with Crippen LogP contribution >= 0.6 is 0 Å². The van der Waals surface area contributed by atoms with E-state index in [0.29, 0.717) is 25.3 Å². The van der Waals surface area contributed by atoms with Gasteiger partial charge in [-0.2, -0.15) is 0 Å². The number of benzene rings is 1. The molecule has 0 saturated carbocycles. The lowest BCUT2D eigenvalue weighted by Gasteiger charge is -2.36. The molecule has 26 heavy (non-hydrogen) atoms. The predicted octanol–water partition coefficient (Wildman–Crippen LogP) is 1.23. The van der Waals surface area contributed by atoms with Gasteiger partial charge >= 0.3 is 0 Å². The zero-order valence-corrected chi connectivity index (χ0v) is 15.5. The second-order valence-electron chi connectivity index (χ2n) is 7.20. The van der Waals surface area contributed by atoms with Crippen LogP contribution in [0.2, 0.25) is 0 Å². The van der Waals surface area contributed by atoms with Crippen LogP contribution in [-0.4, -0.2) is 62.5 Å². The topological polar surface area (TPSA) is 64.7 Å². The molecule has 0 spiro atoms. The number of carbonyl (C=O) groups excluding carboxylic acids is 2. The summed E-state index contributed by atoms with van der Waals surface area (Å²) in [5.41, 5.74) is 1.21. The zero-order chi connectivity index (χ0) is 18.2. The van der Waals surface area contributed by atoms with Crippen molar-refractivity contribution in [3.8, 4) is 0 Å². The molecule has 2 heterocycles. The number of hydrogen-bond acceptors (Lipinski definition) is 4. The molecule has 1 unspecified atom stereocenters. The summed E-state index contributed by atoms with van der Waals surface area (Å²) < 4.78 is 0. The minimum Gasteiger partial charge on any atom is -0.368 e. The fourth-order valence-corrected chi connectivity index (χ4v) is 3.70. The first-order chi connectivity index (χ1) is 12.7. The SMILES string of the molecule is O=C(CCC1CCNC1)NCCC(=O)N1CCN(c2ccccc2)CC1. The molecule has 0 bridgehead atoms. The molecule has 1 aromatic carbocycles. The molecule has 2 saturated heterocycles. The smallest absolute Gasteiger partial charge is 0.224 e. The Morgan fingerprint density at radius 3 is 2.54 bits per heavy atom. The van der Waals surface area contributed by atoms with Gasteiger partial charge in [-0.25, -0.2) is 0 Å². The fourth-order valence-electron chi connectivity index (χ4n) is 3.70. The molecular weight excluding hydrogens is 328 g/mol. The van der Waals surface area contributed by atoms with E-state index in [1.807, 2.05) is 23.1 Å².